The number of anilines is 1. The van der Waals surface area contributed by atoms with Crippen LogP contribution < -0.4 is 4.90 Å². The monoisotopic (exact) mass is 295 g/mol. The van der Waals surface area contributed by atoms with E-state index < -0.39 is 0 Å². The fraction of sp³-hybridized carbons (Fsp3) is 0.667. The second-order valence-electron chi connectivity index (χ2n) is 7.31. The van der Waals surface area contributed by atoms with Crippen molar-refractivity contribution in [2.45, 2.75) is 50.7 Å². The van der Waals surface area contributed by atoms with Crippen molar-refractivity contribution in [2.24, 2.45) is 11.8 Å². The maximum absolute atomic E-state index is 9.56. The number of fused-ring (bicyclic) bond motifs is 6. The molecular weight excluding hydrogens is 274 g/mol. The average molecular weight is 295 g/mol. The van der Waals surface area contributed by atoms with Crippen LogP contribution in [-0.4, -0.2) is 30.3 Å². The van der Waals surface area contributed by atoms with E-state index in [9.17, 15) is 5.26 Å². The molecule has 4 aliphatic rings. The quantitative estimate of drug-likeness (QED) is 0.798. The number of nitriles is 1. The lowest BCUT2D eigenvalue weighted by Crippen LogP contribution is -2.27. The van der Waals surface area contributed by atoms with Crippen LogP contribution in [0.25, 0.3) is 0 Å². The van der Waals surface area contributed by atoms with Crippen LogP contribution in [-0.2, 0) is 17.6 Å². The maximum atomic E-state index is 9.56. The van der Waals surface area contributed by atoms with Gasteiger partial charge in [-0.25, -0.2) is 4.98 Å². The van der Waals surface area contributed by atoms with Crippen molar-refractivity contribution < 1.29 is 4.74 Å². The second-order valence-corrected chi connectivity index (χ2v) is 7.31. The van der Waals surface area contributed by atoms with E-state index in [4.69, 9.17) is 9.72 Å². The molecule has 1 aliphatic carbocycles. The summed E-state index contributed by atoms with van der Waals surface area (Å²) in [4.78, 5) is 7.30. The third kappa shape index (κ3) is 1.75. The minimum absolute atomic E-state index is 0.461. The molecule has 1 aromatic heterocycles. The number of aryl methyl sites for hydroxylation is 2. The van der Waals surface area contributed by atoms with Crippen LogP contribution in [0.15, 0.2) is 6.07 Å². The van der Waals surface area contributed by atoms with Gasteiger partial charge < -0.3 is 9.64 Å². The highest BCUT2D eigenvalue weighted by atomic mass is 16.5. The van der Waals surface area contributed by atoms with Crippen LogP contribution in [0, 0.1) is 23.2 Å². The van der Waals surface area contributed by atoms with E-state index in [1.165, 1.54) is 36.9 Å². The second kappa shape index (κ2) is 4.70. The molecule has 4 nitrogen and oxygen atoms in total. The molecule has 0 N–H and O–H groups in total. The lowest BCUT2D eigenvalue weighted by atomic mass is 9.82. The number of nitrogens with zero attached hydrogens (tertiary/aromatic N) is 3. The van der Waals surface area contributed by atoms with Gasteiger partial charge >= 0.3 is 0 Å². The molecule has 3 saturated heterocycles. The van der Waals surface area contributed by atoms with Gasteiger partial charge in [-0.15, -0.1) is 0 Å². The van der Waals surface area contributed by atoms with Crippen LogP contribution in [0.4, 0.5) is 5.82 Å². The molecule has 0 spiro atoms. The first-order chi connectivity index (χ1) is 10.8. The molecule has 3 aliphatic heterocycles. The van der Waals surface area contributed by atoms with Crippen molar-refractivity contribution in [3.63, 3.8) is 0 Å². The van der Waals surface area contributed by atoms with Gasteiger partial charge in [0.1, 0.15) is 11.9 Å². The first-order valence-electron chi connectivity index (χ1n) is 8.67. The van der Waals surface area contributed by atoms with Crippen molar-refractivity contribution in [1.29, 1.82) is 5.26 Å². The summed E-state index contributed by atoms with van der Waals surface area (Å²) in [5, 5.41) is 9.56. The zero-order chi connectivity index (χ0) is 14.7. The van der Waals surface area contributed by atoms with Gasteiger partial charge in [0.05, 0.1) is 17.8 Å². The Morgan fingerprint density at radius 3 is 2.59 bits per heavy atom. The standard InChI is InChI=1S/C18H21N3O/c19-8-12-7-11-3-1-2-4-15(11)20-18(12)21-9-13-14(10-21)17-6-5-16(13)22-17/h7,13-14,16-17H,1-6,9-10H2/t13-,14+,16+,17-. The summed E-state index contributed by atoms with van der Waals surface area (Å²) >= 11 is 0. The molecule has 114 valence electrons. The highest BCUT2D eigenvalue weighted by Gasteiger charge is 2.53. The van der Waals surface area contributed by atoms with E-state index in [-0.39, 0.29) is 0 Å². The Morgan fingerprint density at radius 2 is 1.86 bits per heavy atom. The topological polar surface area (TPSA) is 49.2 Å². The van der Waals surface area contributed by atoms with Crippen LogP contribution in [0.5, 0.6) is 0 Å². The summed E-state index contributed by atoms with van der Waals surface area (Å²) < 4.78 is 6.06. The SMILES string of the molecule is N#Cc1cc2c(nc1N1C[C@@H]3[C@H](C1)[C@H]1CC[C@@H]3O1)CCCC2. The van der Waals surface area contributed by atoms with Crippen molar-refractivity contribution in [3.05, 3.63) is 22.9 Å². The zero-order valence-electron chi connectivity index (χ0n) is 12.8. The van der Waals surface area contributed by atoms with Gasteiger partial charge in [-0.05, 0) is 50.2 Å². The van der Waals surface area contributed by atoms with Gasteiger partial charge in [0.15, 0.2) is 0 Å². The van der Waals surface area contributed by atoms with Crippen LogP contribution in [0.2, 0.25) is 0 Å². The van der Waals surface area contributed by atoms with Crippen molar-refractivity contribution in [1.82, 2.24) is 4.98 Å². The van der Waals surface area contributed by atoms with Crippen LogP contribution >= 0.6 is 0 Å². The average Bonchev–Trinajstić information content (AvgIpc) is 3.25. The summed E-state index contributed by atoms with van der Waals surface area (Å²) in [5.74, 6) is 2.25. The van der Waals surface area contributed by atoms with Gasteiger partial charge in [-0.2, -0.15) is 5.26 Å². The highest BCUT2D eigenvalue weighted by molar-refractivity contribution is 5.57. The molecule has 4 heteroatoms. The van der Waals surface area contributed by atoms with E-state index in [2.05, 4.69) is 17.0 Å². The lowest BCUT2D eigenvalue weighted by molar-refractivity contribution is 0.0849. The predicted octanol–water partition coefficient (Wildman–Crippen LogP) is 2.45. The van der Waals surface area contributed by atoms with Crippen molar-refractivity contribution in [2.75, 3.05) is 18.0 Å². The Balaban J connectivity index is 1.49. The number of rotatable bonds is 1. The zero-order valence-corrected chi connectivity index (χ0v) is 12.8. The Hall–Kier alpha value is -1.60. The number of ether oxygens (including phenoxy) is 1. The minimum atomic E-state index is 0.461. The van der Waals surface area contributed by atoms with Gasteiger partial charge in [0.2, 0.25) is 0 Å². The largest absolute Gasteiger partial charge is 0.374 e. The predicted molar refractivity (Wildman–Crippen MR) is 82.7 cm³/mol. The highest BCUT2D eigenvalue weighted by Crippen LogP contribution is 2.48. The smallest absolute Gasteiger partial charge is 0.146 e. The fourth-order valence-electron chi connectivity index (χ4n) is 5.08. The molecule has 5 rings (SSSR count). The molecule has 2 bridgehead atoms. The summed E-state index contributed by atoms with van der Waals surface area (Å²) in [6, 6.07) is 4.50. The van der Waals surface area contributed by atoms with Gasteiger partial charge in [0, 0.05) is 30.6 Å². The fourth-order valence-corrected chi connectivity index (χ4v) is 5.08. The Labute approximate surface area is 131 Å². The summed E-state index contributed by atoms with van der Waals surface area (Å²) in [5.41, 5.74) is 3.31. The summed E-state index contributed by atoms with van der Waals surface area (Å²) in [6.07, 6.45) is 7.99. The van der Waals surface area contributed by atoms with E-state index in [0.717, 1.165) is 37.3 Å². The minimum Gasteiger partial charge on any atom is -0.374 e. The first kappa shape index (κ1) is 12.9. The van der Waals surface area contributed by atoms with E-state index in [1.807, 2.05) is 0 Å². The maximum Gasteiger partial charge on any atom is 0.146 e. The third-order valence-corrected chi connectivity index (χ3v) is 6.15. The molecule has 4 atom stereocenters. The van der Waals surface area contributed by atoms with Crippen LogP contribution in [0.1, 0.15) is 42.5 Å². The Kier molecular flexibility index (Phi) is 2.75. The lowest BCUT2D eigenvalue weighted by Gasteiger charge is -2.24. The van der Waals surface area contributed by atoms with Crippen molar-refractivity contribution >= 4 is 5.82 Å². The normalized spacial score (nSPS) is 35.3. The molecule has 0 amide bonds. The molecule has 1 aromatic rings. The van der Waals surface area contributed by atoms with E-state index >= 15 is 0 Å². The van der Waals surface area contributed by atoms with Gasteiger partial charge in [0.25, 0.3) is 0 Å². The Morgan fingerprint density at radius 1 is 1.14 bits per heavy atom. The third-order valence-electron chi connectivity index (χ3n) is 6.15. The van der Waals surface area contributed by atoms with Crippen molar-refractivity contribution in [3.8, 4) is 6.07 Å². The molecular formula is C18H21N3O. The molecule has 0 unspecified atom stereocenters. The summed E-state index contributed by atoms with van der Waals surface area (Å²) in [7, 11) is 0. The van der Waals surface area contributed by atoms with E-state index in [0.29, 0.717) is 24.0 Å². The molecule has 4 heterocycles. The number of hydrogen-bond acceptors (Lipinski definition) is 4. The first-order valence-corrected chi connectivity index (χ1v) is 8.67. The number of hydrogen-bond donors (Lipinski definition) is 0. The van der Waals surface area contributed by atoms with Crippen LogP contribution in [0.3, 0.4) is 0 Å². The van der Waals surface area contributed by atoms with E-state index in [1.54, 1.807) is 0 Å². The molecule has 3 fully saturated rings. The van der Waals surface area contributed by atoms with Gasteiger partial charge in [-0.1, -0.05) is 0 Å². The Bertz CT molecular complexity index is 647. The molecule has 0 aromatic carbocycles. The molecule has 22 heavy (non-hydrogen) atoms. The number of pyridine rings is 1. The summed E-state index contributed by atoms with van der Waals surface area (Å²) in [6.45, 7) is 2.04. The number of aromatic nitrogens is 1. The van der Waals surface area contributed by atoms with Gasteiger partial charge in [-0.3, -0.25) is 0 Å². The molecule has 0 saturated carbocycles. The molecule has 0 radical (unpaired) electrons.